The van der Waals surface area contributed by atoms with E-state index in [2.05, 4.69) is 5.32 Å². The van der Waals surface area contributed by atoms with Crippen LogP contribution in [0.15, 0.2) is 24.3 Å². The SMILES string of the molecule is COc1ccc(CN2C[C@]34CN(C(=O)NCC(C)C)C[C@H](C[C@H]3S2(=O)=O)O4)cc1. The lowest BCUT2D eigenvalue weighted by Gasteiger charge is -2.39. The van der Waals surface area contributed by atoms with Gasteiger partial charge in [0, 0.05) is 26.2 Å². The van der Waals surface area contributed by atoms with Gasteiger partial charge in [0.05, 0.1) is 19.8 Å². The standard InChI is InChI=1S/C20H29N3O5S/c1-14(2)9-21-19(24)22-11-17-8-18-20(12-22,28-17)13-23(29(18,25)26)10-15-4-6-16(27-3)7-5-15/h4-7,14,17-18H,8-13H2,1-3H3,(H,21,24)/t17-,18+,20+/m0/s1. The molecule has 29 heavy (non-hydrogen) atoms. The fraction of sp³-hybridized carbons (Fsp3) is 0.650. The summed E-state index contributed by atoms with van der Waals surface area (Å²) in [5.74, 6) is 1.09. The summed E-state index contributed by atoms with van der Waals surface area (Å²) in [7, 11) is -1.90. The van der Waals surface area contributed by atoms with Crippen LogP contribution in [-0.4, -0.2) is 73.9 Å². The summed E-state index contributed by atoms with van der Waals surface area (Å²) >= 11 is 0. The summed E-state index contributed by atoms with van der Waals surface area (Å²) in [5, 5.41) is 2.34. The third kappa shape index (κ3) is 3.71. The fourth-order valence-electron chi connectivity index (χ4n) is 4.58. The number of hydrogen-bond acceptors (Lipinski definition) is 5. The number of rotatable bonds is 5. The molecule has 8 nitrogen and oxygen atoms in total. The van der Waals surface area contributed by atoms with Crippen molar-refractivity contribution < 1.29 is 22.7 Å². The molecule has 3 atom stereocenters. The second-order valence-electron chi connectivity index (χ2n) is 8.65. The molecule has 160 valence electrons. The first-order valence-corrected chi connectivity index (χ1v) is 11.6. The zero-order chi connectivity index (χ0) is 20.8. The topological polar surface area (TPSA) is 88.2 Å². The van der Waals surface area contributed by atoms with Crippen LogP contribution in [0.1, 0.15) is 25.8 Å². The summed E-state index contributed by atoms with van der Waals surface area (Å²) in [6.07, 6.45) is 0.214. The van der Waals surface area contributed by atoms with E-state index >= 15 is 0 Å². The zero-order valence-electron chi connectivity index (χ0n) is 17.1. The smallest absolute Gasteiger partial charge is 0.317 e. The van der Waals surface area contributed by atoms with Crippen molar-refractivity contribution >= 4 is 16.1 Å². The van der Waals surface area contributed by atoms with E-state index in [1.54, 1.807) is 12.0 Å². The van der Waals surface area contributed by atoms with Gasteiger partial charge in [-0.25, -0.2) is 13.2 Å². The van der Waals surface area contributed by atoms with Gasteiger partial charge in [0.15, 0.2) is 0 Å². The minimum absolute atomic E-state index is 0.141. The predicted octanol–water partition coefficient (Wildman–Crippen LogP) is 1.42. The Kier molecular flexibility index (Phi) is 5.25. The Labute approximate surface area is 172 Å². The summed E-state index contributed by atoms with van der Waals surface area (Å²) in [6, 6.07) is 7.25. The third-order valence-electron chi connectivity index (χ3n) is 5.98. The van der Waals surface area contributed by atoms with Gasteiger partial charge in [-0.1, -0.05) is 26.0 Å². The highest BCUT2D eigenvalue weighted by Gasteiger charge is 2.65. The first-order chi connectivity index (χ1) is 13.7. The van der Waals surface area contributed by atoms with Gasteiger partial charge in [-0.3, -0.25) is 0 Å². The van der Waals surface area contributed by atoms with Crippen molar-refractivity contribution in [1.82, 2.24) is 14.5 Å². The maximum absolute atomic E-state index is 13.2. The average Bonchev–Trinajstić information content (AvgIpc) is 3.05. The molecule has 3 saturated heterocycles. The maximum Gasteiger partial charge on any atom is 0.317 e. The second kappa shape index (κ2) is 7.45. The largest absolute Gasteiger partial charge is 0.497 e. The van der Waals surface area contributed by atoms with Crippen molar-refractivity contribution in [1.29, 1.82) is 0 Å². The number of fused-ring (bicyclic) bond motifs is 1. The van der Waals surface area contributed by atoms with Gasteiger partial charge in [0.2, 0.25) is 10.0 Å². The van der Waals surface area contributed by atoms with E-state index in [0.29, 0.717) is 32.0 Å². The molecule has 1 aromatic carbocycles. The van der Waals surface area contributed by atoms with Gasteiger partial charge in [-0.2, -0.15) is 4.31 Å². The van der Waals surface area contributed by atoms with Gasteiger partial charge in [-0.15, -0.1) is 0 Å². The molecule has 3 fully saturated rings. The molecule has 0 unspecified atom stereocenters. The lowest BCUT2D eigenvalue weighted by Crippen LogP contribution is -2.58. The number of urea groups is 1. The monoisotopic (exact) mass is 423 g/mol. The van der Waals surface area contributed by atoms with Crippen LogP contribution in [0.2, 0.25) is 0 Å². The van der Waals surface area contributed by atoms with E-state index in [1.165, 1.54) is 4.31 Å². The highest BCUT2D eigenvalue weighted by Crippen LogP contribution is 2.47. The van der Waals surface area contributed by atoms with Gasteiger partial charge in [0.25, 0.3) is 0 Å². The lowest BCUT2D eigenvalue weighted by molar-refractivity contribution is -0.0958. The molecule has 4 rings (SSSR count). The number of benzene rings is 1. The van der Waals surface area contributed by atoms with Gasteiger partial charge >= 0.3 is 6.03 Å². The minimum Gasteiger partial charge on any atom is -0.497 e. The van der Waals surface area contributed by atoms with Crippen molar-refractivity contribution in [3.05, 3.63) is 29.8 Å². The molecule has 3 aliphatic heterocycles. The molecule has 9 heteroatoms. The molecule has 1 aromatic rings. The summed E-state index contributed by atoms with van der Waals surface area (Å²) < 4.78 is 39.3. The van der Waals surface area contributed by atoms with Crippen LogP contribution in [0.4, 0.5) is 4.79 Å². The van der Waals surface area contributed by atoms with Crippen molar-refractivity contribution in [2.24, 2.45) is 5.92 Å². The average molecular weight is 424 g/mol. The van der Waals surface area contributed by atoms with E-state index < -0.39 is 20.9 Å². The van der Waals surface area contributed by atoms with Crippen LogP contribution in [0.5, 0.6) is 5.75 Å². The van der Waals surface area contributed by atoms with Crippen molar-refractivity contribution in [3.8, 4) is 5.75 Å². The molecular weight excluding hydrogens is 394 g/mol. The molecule has 2 amide bonds. The summed E-state index contributed by atoms with van der Waals surface area (Å²) in [6.45, 7) is 5.98. The number of nitrogens with zero attached hydrogens (tertiary/aromatic N) is 2. The van der Waals surface area contributed by atoms with E-state index in [4.69, 9.17) is 9.47 Å². The molecule has 1 spiro atoms. The quantitative estimate of drug-likeness (QED) is 0.774. The fourth-order valence-corrected chi connectivity index (χ4v) is 6.88. The lowest BCUT2D eigenvalue weighted by atomic mass is 9.99. The number of methoxy groups -OCH3 is 1. The molecule has 0 radical (unpaired) electrons. The van der Waals surface area contributed by atoms with E-state index in [1.807, 2.05) is 38.1 Å². The van der Waals surface area contributed by atoms with Crippen LogP contribution in [0.3, 0.4) is 0 Å². The van der Waals surface area contributed by atoms with Crippen LogP contribution in [0, 0.1) is 5.92 Å². The summed E-state index contributed by atoms with van der Waals surface area (Å²) in [4.78, 5) is 14.3. The number of ether oxygens (including phenoxy) is 2. The number of sulfonamides is 1. The van der Waals surface area contributed by atoms with Crippen LogP contribution < -0.4 is 10.1 Å². The molecule has 2 bridgehead atoms. The van der Waals surface area contributed by atoms with Crippen molar-refractivity contribution in [3.63, 3.8) is 0 Å². The Morgan fingerprint density at radius 2 is 2.03 bits per heavy atom. The number of carbonyl (C=O) groups excluding carboxylic acids is 1. The maximum atomic E-state index is 13.2. The molecular formula is C20H29N3O5S. The molecule has 1 N–H and O–H groups in total. The minimum atomic E-state index is -3.50. The van der Waals surface area contributed by atoms with Crippen LogP contribution >= 0.6 is 0 Å². The third-order valence-corrected chi connectivity index (χ3v) is 8.30. The molecule has 3 aliphatic rings. The first kappa shape index (κ1) is 20.4. The Morgan fingerprint density at radius 1 is 1.31 bits per heavy atom. The summed E-state index contributed by atoms with van der Waals surface area (Å²) in [5.41, 5.74) is 0.0493. The highest BCUT2D eigenvalue weighted by atomic mass is 32.2. The van der Waals surface area contributed by atoms with Crippen LogP contribution in [-0.2, 0) is 21.3 Å². The Morgan fingerprint density at radius 3 is 2.69 bits per heavy atom. The first-order valence-electron chi connectivity index (χ1n) is 10.1. The molecule has 0 saturated carbocycles. The number of carbonyl (C=O) groups is 1. The molecule has 3 heterocycles. The van der Waals surface area contributed by atoms with Gasteiger partial charge < -0.3 is 19.7 Å². The number of amides is 2. The Bertz CT molecular complexity index is 873. The number of nitrogens with one attached hydrogen (secondary N) is 1. The second-order valence-corrected chi connectivity index (χ2v) is 10.8. The highest BCUT2D eigenvalue weighted by molar-refractivity contribution is 7.90. The number of hydrogen-bond donors (Lipinski definition) is 1. The molecule has 0 aliphatic carbocycles. The van der Waals surface area contributed by atoms with E-state index in [9.17, 15) is 13.2 Å². The Balaban J connectivity index is 1.50. The van der Waals surface area contributed by atoms with Gasteiger partial charge in [-0.05, 0) is 30.0 Å². The van der Waals surface area contributed by atoms with Gasteiger partial charge in [0.1, 0.15) is 16.6 Å². The van der Waals surface area contributed by atoms with E-state index in [0.717, 1.165) is 11.3 Å². The van der Waals surface area contributed by atoms with Crippen molar-refractivity contribution in [2.45, 2.75) is 43.8 Å². The van der Waals surface area contributed by atoms with Crippen LogP contribution in [0.25, 0.3) is 0 Å². The normalized spacial score (nSPS) is 30.4. The zero-order valence-corrected chi connectivity index (χ0v) is 17.9. The number of morpholine rings is 1. The van der Waals surface area contributed by atoms with Crippen molar-refractivity contribution in [2.75, 3.05) is 33.3 Å². The predicted molar refractivity (Wildman–Crippen MR) is 108 cm³/mol. The Hall–Kier alpha value is -1.84. The number of likely N-dealkylation sites (tertiary alicyclic amines) is 1. The molecule has 0 aromatic heterocycles. The van der Waals surface area contributed by atoms with E-state index in [-0.39, 0.29) is 25.2 Å².